The largest absolute Gasteiger partial charge is 0.354 e. The predicted molar refractivity (Wildman–Crippen MR) is 88.4 cm³/mol. The van der Waals surface area contributed by atoms with Crippen molar-refractivity contribution in [3.63, 3.8) is 0 Å². The molecule has 0 atom stereocenters. The molecule has 21 heavy (non-hydrogen) atoms. The van der Waals surface area contributed by atoms with Crippen LogP contribution in [0.15, 0.2) is 48.8 Å². The average Bonchev–Trinajstić information content (AvgIpc) is 3.02. The highest BCUT2D eigenvalue weighted by atomic mass is 14.9. The minimum Gasteiger partial charge on any atom is -0.354 e. The van der Waals surface area contributed by atoms with Crippen molar-refractivity contribution in [3.8, 4) is 0 Å². The SMILES string of the molecule is CCn1ccc(CNC2CCC(c3ccccc3)CC2)c1. The van der Waals surface area contributed by atoms with E-state index >= 15 is 0 Å². The van der Waals surface area contributed by atoms with Gasteiger partial charge in [-0.15, -0.1) is 0 Å². The van der Waals surface area contributed by atoms with E-state index in [1.807, 2.05) is 0 Å². The molecule has 0 bridgehead atoms. The molecule has 2 aromatic rings. The molecule has 1 aliphatic rings. The van der Waals surface area contributed by atoms with Gasteiger partial charge in [-0.05, 0) is 55.7 Å². The topological polar surface area (TPSA) is 17.0 Å². The number of hydrogen-bond acceptors (Lipinski definition) is 1. The lowest BCUT2D eigenvalue weighted by molar-refractivity contribution is 0.341. The molecule has 0 amide bonds. The second-order valence-corrected chi connectivity index (χ2v) is 6.19. The summed E-state index contributed by atoms with van der Waals surface area (Å²) in [5, 5.41) is 3.73. The summed E-state index contributed by atoms with van der Waals surface area (Å²) in [6.45, 7) is 4.25. The lowest BCUT2D eigenvalue weighted by atomic mass is 9.82. The normalized spacial score (nSPS) is 22.3. The van der Waals surface area contributed by atoms with E-state index in [1.54, 1.807) is 0 Å². The molecule has 1 N–H and O–H groups in total. The van der Waals surface area contributed by atoms with Crippen LogP contribution in [0.2, 0.25) is 0 Å². The van der Waals surface area contributed by atoms with Gasteiger partial charge >= 0.3 is 0 Å². The van der Waals surface area contributed by atoms with E-state index in [0.29, 0.717) is 6.04 Å². The zero-order valence-corrected chi connectivity index (χ0v) is 13.0. The van der Waals surface area contributed by atoms with Crippen molar-refractivity contribution >= 4 is 0 Å². The van der Waals surface area contributed by atoms with Crippen LogP contribution in [0, 0.1) is 0 Å². The maximum atomic E-state index is 3.73. The van der Waals surface area contributed by atoms with Crippen LogP contribution < -0.4 is 5.32 Å². The van der Waals surface area contributed by atoms with Gasteiger partial charge in [0.2, 0.25) is 0 Å². The number of nitrogens with one attached hydrogen (secondary N) is 1. The van der Waals surface area contributed by atoms with Gasteiger partial charge in [-0.25, -0.2) is 0 Å². The summed E-state index contributed by atoms with van der Waals surface area (Å²) in [4.78, 5) is 0. The van der Waals surface area contributed by atoms with E-state index in [4.69, 9.17) is 0 Å². The highest BCUT2D eigenvalue weighted by molar-refractivity contribution is 5.20. The lowest BCUT2D eigenvalue weighted by Crippen LogP contribution is -2.32. The molecule has 1 fully saturated rings. The summed E-state index contributed by atoms with van der Waals surface area (Å²) in [5.41, 5.74) is 2.93. The summed E-state index contributed by atoms with van der Waals surface area (Å²) < 4.78 is 2.24. The van der Waals surface area contributed by atoms with Gasteiger partial charge in [0, 0.05) is 31.5 Å². The average molecular weight is 282 g/mol. The van der Waals surface area contributed by atoms with Crippen molar-refractivity contribution in [1.82, 2.24) is 9.88 Å². The fourth-order valence-corrected chi connectivity index (χ4v) is 3.41. The number of rotatable bonds is 5. The Morgan fingerprint density at radius 1 is 1.05 bits per heavy atom. The third-order valence-electron chi connectivity index (χ3n) is 4.77. The summed E-state index contributed by atoms with van der Waals surface area (Å²) in [6.07, 6.45) is 9.66. The fraction of sp³-hybridized carbons (Fsp3) is 0.474. The summed E-state index contributed by atoms with van der Waals surface area (Å²) in [7, 11) is 0. The first-order chi connectivity index (χ1) is 10.3. The lowest BCUT2D eigenvalue weighted by Gasteiger charge is -2.29. The molecular weight excluding hydrogens is 256 g/mol. The first-order valence-electron chi connectivity index (χ1n) is 8.28. The quantitative estimate of drug-likeness (QED) is 0.864. The minimum atomic E-state index is 0.690. The van der Waals surface area contributed by atoms with Crippen LogP contribution in [0.3, 0.4) is 0 Å². The molecule has 1 heterocycles. The van der Waals surface area contributed by atoms with E-state index < -0.39 is 0 Å². The number of aryl methyl sites for hydroxylation is 1. The standard InChI is InChI=1S/C19H26N2/c1-2-21-13-12-16(15-21)14-20-19-10-8-18(9-11-19)17-6-4-3-5-7-17/h3-7,12-13,15,18-20H,2,8-11,14H2,1H3. The summed E-state index contributed by atoms with van der Waals surface area (Å²) in [6, 6.07) is 13.9. The van der Waals surface area contributed by atoms with E-state index in [2.05, 4.69) is 65.6 Å². The second-order valence-electron chi connectivity index (χ2n) is 6.19. The molecule has 1 aromatic heterocycles. The highest BCUT2D eigenvalue weighted by Crippen LogP contribution is 2.32. The molecule has 112 valence electrons. The zero-order valence-electron chi connectivity index (χ0n) is 13.0. The number of nitrogens with zero attached hydrogens (tertiary/aromatic N) is 1. The van der Waals surface area contributed by atoms with Crippen molar-refractivity contribution < 1.29 is 0 Å². The molecule has 2 heteroatoms. The minimum absolute atomic E-state index is 0.690. The van der Waals surface area contributed by atoms with Crippen LogP contribution >= 0.6 is 0 Å². The molecule has 0 saturated heterocycles. The summed E-state index contributed by atoms with van der Waals surface area (Å²) >= 11 is 0. The Balaban J connectivity index is 1.45. The Morgan fingerprint density at radius 2 is 1.81 bits per heavy atom. The van der Waals surface area contributed by atoms with Crippen LogP contribution in [-0.4, -0.2) is 10.6 Å². The molecule has 1 aliphatic carbocycles. The van der Waals surface area contributed by atoms with Crippen molar-refractivity contribution in [3.05, 3.63) is 59.9 Å². The fourth-order valence-electron chi connectivity index (χ4n) is 3.41. The molecule has 0 radical (unpaired) electrons. The Morgan fingerprint density at radius 3 is 2.48 bits per heavy atom. The van der Waals surface area contributed by atoms with Gasteiger partial charge in [-0.2, -0.15) is 0 Å². The molecule has 3 rings (SSSR count). The van der Waals surface area contributed by atoms with Crippen LogP contribution in [0.5, 0.6) is 0 Å². The Bertz CT molecular complexity index is 536. The van der Waals surface area contributed by atoms with Gasteiger partial charge in [-0.1, -0.05) is 30.3 Å². The van der Waals surface area contributed by atoms with Crippen LogP contribution in [-0.2, 0) is 13.1 Å². The molecular formula is C19H26N2. The van der Waals surface area contributed by atoms with Gasteiger partial charge < -0.3 is 9.88 Å². The van der Waals surface area contributed by atoms with Crippen molar-refractivity contribution in [2.24, 2.45) is 0 Å². The Hall–Kier alpha value is -1.54. The number of benzene rings is 1. The van der Waals surface area contributed by atoms with E-state index in [0.717, 1.165) is 19.0 Å². The van der Waals surface area contributed by atoms with Gasteiger partial charge in [0.1, 0.15) is 0 Å². The molecule has 1 saturated carbocycles. The Labute approximate surface area is 128 Å². The monoisotopic (exact) mass is 282 g/mol. The Kier molecular flexibility index (Phi) is 4.76. The number of aromatic nitrogens is 1. The van der Waals surface area contributed by atoms with Crippen LogP contribution in [0.1, 0.15) is 49.7 Å². The molecule has 1 aromatic carbocycles. The maximum absolute atomic E-state index is 3.73. The van der Waals surface area contributed by atoms with E-state index in [1.165, 1.54) is 36.8 Å². The molecule has 0 spiro atoms. The smallest absolute Gasteiger partial charge is 0.0223 e. The van der Waals surface area contributed by atoms with Gasteiger partial charge in [0.05, 0.1) is 0 Å². The summed E-state index contributed by atoms with van der Waals surface area (Å²) in [5.74, 6) is 0.769. The molecule has 2 nitrogen and oxygen atoms in total. The van der Waals surface area contributed by atoms with Crippen molar-refractivity contribution in [1.29, 1.82) is 0 Å². The predicted octanol–water partition coefficient (Wildman–Crippen LogP) is 4.32. The first kappa shape index (κ1) is 14.4. The van der Waals surface area contributed by atoms with Crippen LogP contribution in [0.4, 0.5) is 0 Å². The first-order valence-corrected chi connectivity index (χ1v) is 8.28. The zero-order chi connectivity index (χ0) is 14.5. The maximum Gasteiger partial charge on any atom is 0.0223 e. The molecule has 0 unspecified atom stereocenters. The van der Waals surface area contributed by atoms with Crippen molar-refractivity contribution in [2.75, 3.05) is 0 Å². The number of hydrogen-bond donors (Lipinski definition) is 1. The second kappa shape index (κ2) is 6.95. The highest BCUT2D eigenvalue weighted by Gasteiger charge is 2.21. The third kappa shape index (κ3) is 3.76. The van der Waals surface area contributed by atoms with Crippen molar-refractivity contribution in [2.45, 2.75) is 57.7 Å². The van der Waals surface area contributed by atoms with E-state index in [9.17, 15) is 0 Å². The van der Waals surface area contributed by atoms with Gasteiger partial charge in [0.15, 0.2) is 0 Å². The van der Waals surface area contributed by atoms with Crippen LogP contribution in [0.25, 0.3) is 0 Å². The van der Waals surface area contributed by atoms with Gasteiger partial charge in [-0.3, -0.25) is 0 Å². The molecule has 0 aliphatic heterocycles. The van der Waals surface area contributed by atoms with Gasteiger partial charge in [0.25, 0.3) is 0 Å². The third-order valence-corrected chi connectivity index (χ3v) is 4.77. The van der Waals surface area contributed by atoms with E-state index in [-0.39, 0.29) is 0 Å².